The minimum absolute atomic E-state index is 0.704. The zero-order chi connectivity index (χ0) is 13.2. The molecule has 3 nitrogen and oxygen atoms in total. The zero-order valence-corrected chi connectivity index (χ0v) is 10.7. The molecule has 0 aliphatic rings. The third-order valence-electron chi connectivity index (χ3n) is 3.23. The minimum atomic E-state index is 0.704. The van der Waals surface area contributed by atoms with Gasteiger partial charge in [-0.3, -0.25) is 4.68 Å². The van der Waals surface area contributed by atoms with Gasteiger partial charge in [0.2, 0.25) is 0 Å². The van der Waals surface area contributed by atoms with E-state index in [-0.39, 0.29) is 0 Å². The maximum absolute atomic E-state index is 5.94. The predicted octanol–water partition coefficient (Wildman–Crippen LogP) is 3.34. The number of hydrogen-bond donors (Lipinski definition) is 1. The highest BCUT2D eigenvalue weighted by Crippen LogP contribution is 2.27. The van der Waals surface area contributed by atoms with Gasteiger partial charge in [-0.05, 0) is 11.1 Å². The van der Waals surface area contributed by atoms with Crippen molar-refractivity contribution >= 4 is 5.69 Å². The number of aryl methyl sites for hydroxylation is 1. The van der Waals surface area contributed by atoms with Crippen LogP contribution < -0.4 is 5.73 Å². The summed E-state index contributed by atoms with van der Waals surface area (Å²) in [6.07, 6.45) is 1.68. The lowest BCUT2D eigenvalue weighted by Crippen LogP contribution is -1.95. The average molecular weight is 249 g/mol. The highest BCUT2D eigenvalue weighted by molar-refractivity contribution is 5.75. The molecule has 1 aromatic heterocycles. The van der Waals surface area contributed by atoms with E-state index in [9.17, 15) is 0 Å². The molecule has 0 unspecified atom stereocenters. The standard InChI is InChI=1S/C16H15N3/c1-19-16(15(17)11-18-19)14-9-7-13(8-10-14)12-5-3-2-4-6-12/h2-11H,17H2,1H3. The minimum Gasteiger partial charge on any atom is -0.396 e. The van der Waals surface area contributed by atoms with Crippen molar-refractivity contribution in [2.24, 2.45) is 7.05 Å². The monoisotopic (exact) mass is 249 g/mol. The first-order valence-corrected chi connectivity index (χ1v) is 6.19. The van der Waals surface area contributed by atoms with Crippen molar-refractivity contribution in [2.45, 2.75) is 0 Å². The van der Waals surface area contributed by atoms with Crippen molar-refractivity contribution in [2.75, 3.05) is 5.73 Å². The van der Waals surface area contributed by atoms with Gasteiger partial charge < -0.3 is 5.73 Å². The molecule has 0 saturated heterocycles. The van der Waals surface area contributed by atoms with Crippen molar-refractivity contribution in [3.63, 3.8) is 0 Å². The number of anilines is 1. The number of hydrogen-bond acceptors (Lipinski definition) is 2. The fourth-order valence-electron chi connectivity index (χ4n) is 2.26. The van der Waals surface area contributed by atoms with Crippen molar-refractivity contribution in [1.82, 2.24) is 9.78 Å². The van der Waals surface area contributed by atoms with Crippen LogP contribution in [0.5, 0.6) is 0 Å². The Bertz CT molecular complexity index is 662. The summed E-state index contributed by atoms with van der Waals surface area (Å²) in [5.41, 5.74) is 11.1. The Morgan fingerprint density at radius 3 is 2.00 bits per heavy atom. The third-order valence-corrected chi connectivity index (χ3v) is 3.23. The van der Waals surface area contributed by atoms with Crippen LogP contribution in [0.3, 0.4) is 0 Å². The molecule has 19 heavy (non-hydrogen) atoms. The highest BCUT2D eigenvalue weighted by atomic mass is 15.3. The van der Waals surface area contributed by atoms with Gasteiger partial charge in [-0.1, -0.05) is 54.6 Å². The maximum Gasteiger partial charge on any atom is 0.0908 e. The van der Waals surface area contributed by atoms with E-state index in [4.69, 9.17) is 5.73 Å². The molecule has 0 aliphatic carbocycles. The number of nitrogens with zero attached hydrogens (tertiary/aromatic N) is 2. The number of aromatic nitrogens is 2. The van der Waals surface area contributed by atoms with E-state index in [0.29, 0.717) is 5.69 Å². The predicted molar refractivity (Wildman–Crippen MR) is 78.5 cm³/mol. The Morgan fingerprint density at radius 2 is 1.42 bits per heavy atom. The Labute approximate surface area is 112 Å². The van der Waals surface area contributed by atoms with Crippen LogP contribution >= 0.6 is 0 Å². The second kappa shape index (κ2) is 4.61. The summed E-state index contributed by atoms with van der Waals surface area (Å²) >= 11 is 0. The SMILES string of the molecule is Cn1ncc(N)c1-c1ccc(-c2ccccc2)cc1. The van der Waals surface area contributed by atoms with Crippen molar-refractivity contribution < 1.29 is 0 Å². The van der Waals surface area contributed by atoms with E-state index in [1.54, 1.807) is 10.9 Å². The molecule has 0 aliphatic heterocycles. The van der Waals surface area contributed by atoms with Crippen LogP contribution in [0.25, 0.3) is 22.4 Å². The van der Waals surface area contributed by atoms with Gasteiger partial charge in [0.1, 0.15) is 0 Å². The van der Waals surface area contributed by atoms with Gasteiger partial charge >= 0.3 is 0 Å². The second-order valence-electron chi connectivity index (χ2n) is 4.52. The number of benzene rings is 2. The van der Waals surface area contributed by atoms with Crippen LogP contribution in [0.1, 0.15) is 0 Å². The molecular formula is C16H15N3. The normalized spacial score (nSPS) is 10.6. The first-order valence-electron chi connectivity index (χ1n) is 6.19. The summed E-state index contributed by atoms with van der Waals surface area (Å²) in [7, 11) is 1.90. The highest BCUT2D eigenvalue weighted by Gasteiger charge is 2.08. The largest absolute Gasteiger partial charge is 0.396 e. The van der Waals surface area contributed by atoms with Crippen LogP contribution in [0.15, 0.2) is 60.8 Å². The van der Waals surface area contributed by atoms with Crippen molar-refractivity contribution in [1.29, 1.82) is 0 Å². The van der Waals surface area contributed by atoms with Crippen molar-refractivity contribution in [3.8, 4) is 22.4 Å². The number of rotatable bonds is 2. The van der Waals surface area contributed by atoms with Gasteiger partial charge in [-0.25, -0.2) is 0 Å². The van der Waals surface area contributed by atoms with Crippen molar-refractivity contribution in [3.05, 3.63) is 60.8 Å². The van der Waals surface area contributed by atoms with E-state index in [1.807, 2.05) is 25.2 Å². The summed E-state index contributed by atoms with van der Waals surface area (Å²) in [4.78, 5) is 0. The molecule has 0 spiro atoms. The fraction of sp³-hybridized carbons (Fsp3) is 0.0625. The lowest BCUT2D eigenvalue weighted by molar-refractivity contribution is 0.776. The van der Waals surface area contributed by atoms with E-state index in [0.717, 1.165) is 11.3 Å². The quantitative estimate of drug-likeness (QED) is 0.757. The Hall–Kier alpha value is -2.55. The summed E-state index contributed by atoms with van der Waals surface area (Å²) in [6, 6.07) is 18.7. The fourth-order valence-corrected chi connectivity index (χ4v) is 2.26. The summed E-state index contributed by atoms with van der Waals surface area (Å²) in [5, 5.41) is 4.16. The molecule has 2 N–H and O–H groups in total. The van der Waals surface area contributed by atoms with Gasteiger partial charge in [0.25, 0.3) is 0 Å². The zero-order valence-electron chi connectivity index (χ0n) is 10.7. The van der Waals surface area contributed by atoms with Crippen LogP contribution in [-0.2, 0) is 7.05 Å². The van der Waals surface area contributed by atoms with Gasteiger partial charge in [0.05, 0.1) is 17.6 Å². The van der Waals surface area contributed by atoms with E-state index in [1.165, 1.54) is 11.1 Å². The molecule has 0 amide bonds. The maximum atomic E-state index is 5.94. The van der Waals surface area contributed by atoms with Crippen LogP contribution in [-0.4, -0.2) is 9.78 Å². The molecule has 3 heteroatoms. The summed E-state index contributed by atoms with van der Waals surface area (Å²) in [6.45, 7) is 0. The number of nitrogens with two attached hydrogens (primary N) is 1. The molecule has 0 bridgehead atoms. The first-order chi connectivity index (χ1) is 9.25. The van der Waals surface area contributed by atoms with Crippen LogP contribution in [0.2, 0.25) is 0 Å². The molecule has 0 radical (unpaired) electrons. The molecule has 3 rings (SSSR count). The lowest BCUT2D eigenvalue weighted by Gasteiger charge is -2.06. The summed E-state index contributed by atoms with van der Waals surface area (Å²) < 4.78 is 1.80. The lowest BCUT2D eigenvalue weighted by atomic mass is 10.0. The molecule has 0 fully saturated rings. The third kappa shape index (κ3) is 2.10. The molecule has 3 aromatic rings. The second-order valence-corrected chi connectivity index (χ2v) is 4.52. The molecule has 2 aromatic carbocycles. The van der Waals surface area contributed by atoms with Crippen LogP contribution in [0, 0.1) is 0 Å². The smallest absolute Gasteiger partial charge is 0.0908 e. The van der Waals surface area contributed by atoms with Gasteiger partial charge in [0, 0.05) is 12.6 Å². The van der Waals surface area contributed by atoms with Gasteiger partial charge in [-0.15, -0.1) is 0 Å². The van der Waals surface area contributed by atoms with Gasteiger partial charge in [0.15, 0.2) is 0 Å². The molecule has 1 heterocycles. The van der Waals surface area contributed by atoms with E-state index >= 15 is 0 Å². The Morgan fingerprint density at radius 1 is 0.842 bits per heavy atom. The molecule has 0 saturated carbocycles. The Balaban J connectivity index is 2.00. The molecular weight excluding hydrogens is 234 g/mol. The van der Waals surface area contributed by atoms with E-state index < -0.39 is 0 Å². The van der Waals surface area contributed by atoms with Crippen LogP contribution in [0.4, 0.5) is 5.69 Å². The van der Waals surface area contributed by atoms with E-state index in [2.05, 4.69) is 41.5 Å². The summed E-state index contributed by atoms with van der Waals surface area (Å²) in [5.74, 6) is 0. The number of nitrogen functional groups attached to an aromatic ring is 1. The Kier molecular flexibility index (Phi) is 2.80. The molecule has 94 valence electrons. The van der Waals surface area contributed by atoms with Gasteiger partial charge in [-0.2, -0.15) is 5.10 Å². The molecule has 0 atom stereocenters. The first kappa shape index (κ1) is 11.5. The average Bonchev–Trinajstić information content (AvgIpc) is 2.79. The topological polar surface area (TPSA) is 43.8 Å².